The summed E-state index contributed by atoms with van der Waals surface area (Å²) < 4.78 is 13.6. The van der Waals surface area contributed by atoms with Crippen molar-refractivity contribution in [1.29, 1.82) is 0 Å². The van der Waals surface area contributed by atoms with Crippen molar-refractivity contribution in [2.24, 2.45) is 0 Å². The van der Waals surface area contributed by atoms with Crippen LogP contribution in [0.2, 0.25) is 5.02 Å². The molecule has 0 saturated carbocycles. The molecule has 0 aliphatic carbocycles. The van der Waals surface area contributed by atoms with Crippen molar-refractivity contribution in [3.63, 3.8) is 0 Å². The minimum Gasteiger partial charge on any atom is -0.365 e. The second kappa shape index (κ2) is 6.64. The quantitative estimate of drug-likeness (QED) is 0.524. The molecule has 0 amide bonds. The molecule has 0 unspecified atom stereocenters. The van der Waals surface area contributed by atoms with Gasteiger partial charge in [0.15, 0.2) is 5.69 Å². The number of hydrogen-bond donors (Lipinski definition) is 0. The normalized spacial score (nSPS) is 16.3. The van der Waals surface area contributed by atoms with E-state index in [4.69, 9.17) is 20.9 Å². The van der Waals surface area contributed by atoms with Gasteiger partial charge < -0.3 is 13.8 Å². The number of hydrogen-bond acceptors (Lipinski definition) is 5. The zero-order valence-corrected chi connectivity index (χ0v) is 15.0. The first-order valence-corrected chi connectivity index (χ1v) is 8.96. The number of fused-ring (bicyclic) bond motifs is 1. The first-order valence-electron chi connectivity index (χ1n) is 8.58. The molecule has 5 rings (SSSR count). The van der Waals surface area contributed by atoms with Crippen LogP contribution in [0.5, 0.6) is 0 Å². The Morgan fingerprint density at radius 2 is 1.96 bits per heavy atom. The first-order chi connectivity index (χ1) is 13.3. The van der Waals surface area contributed by atoms with Crippen molar-refractivity contribution < 1.29 is 9.26 Å². The Kier molecular flexibility index (Phi) is 3.99. The third kappa shape index (κ3) is 3.03. The highest BCUT2D eigenvalue weighted by molar-refractivity contribution is 6.30. The predicted octanol–water partition coefficient (Wildman–Crippen LogP) is 4.53. The molecule has 0 fully saturated rings. The Labute approximate surface area is 160 Å². The van der Waals surface area contributed by atoms with Crippen LogP contribution in [0.3, 0.4) is 0 Å². The average molecular weight is 379 g/mol. The van der Waals surface area contributed by atoms with Crippen molar-refractivity contribution in [2.75, 3.05) is 0 Å². The number of ether oxygens (including phenoxy) is 1. The molecule has 0 spiro atoms. The van der Waals surface area contributed by atoms with E-state index >= 15 is 0 Å². The summed E-state index contributed by atoms with van der Waals surface area (Å²) in [6.07, 6.45) is 1.80. The highest BCUT2D eigenvalue weighted by atomic mass is 35.5. The minimum atomic E-state index is 0.00505. The molecule has 2 aromatic carbocycles. The van der Waals surface area contributed by atoms with Crippen LogP contribution in [0.1, 0.15) is 17.4 Å². The van der Waals surface area contributed by atoms with Gasteiger partial charge in [0.25, 0.3) is 5.89 Å². The predicted molar refractivity (Wildman–Crippen MR) is 99.9 cm³/mol. The van der Waals surface area contributed by atoms with Gasteiger partial charge in [0, 0.05) is 10.6 Å². The molecule has 0 N–H and O–H groups in total. The Bertz CT molecular complexity index is 1090. The van der Waals surface area contributed by atoms with Gasteiger partial charge in [0.2, 0.25) is 5.82 Å². The van der Waals surface area contributed by atoms with Gasteiger partial charge in [-0.25, -0.2) is 4.98 Å². The van der Waals surface area contributed by atoms with Crippen LogP contribution in [0, 0.1) is 0 Å². The molecule has 0 radical (unpaired) electrons. The summed E-state index contributed by atoms with van der Waals surface area (Å²) >= 11 is 6.04. The summed E-state index contributed by atoms with van der Waals surface area (Å²) in [6, 6.07) is 17.5. The van der Waals surface area contributed by atoms with Gasteiger partial charge in [-0.1, -0.05) is 59.2 Å². The fourth-order valence-corrected chi connectivity index (χ4v) is 3.43. The first kappa shape index (κ1) is 16.2. The highest BCUT2D eigenvalue weighted by Crippen LogP contribution is 2.32. The van der Waals surface area contributed by atoms with E-state index in [9.17, 15) is 0 Å². The molecule has 2 aromatic heterocycles. The summed E-state index contributed by atoms with van der Waals surface area (Å²) in [6.45, 7) is 1.13. The van der Waals surface area contributed by atoms with Gasteiger partial charge >= 0.3 is 0 Å². The van der Waals surface area contributed by atoms with Crippen LogP contribution in [0.15, 0.2) is 65.4 Å². The van der Waals surface area contributed by atoms with E-state index in [2.05, 4.69) is 31.8 Å². The van der Waals surface area contributed by atoms with Gasteiger partial charge in [0.1, 0.15) is 6.10 Å². The Hall–Kier alpha value is -2.96. The van der Waals surface area contributed by atoms with E-state index in [1.165, 1.54) is 0 Å². The Balaban J connectivity index is 1.43. The van der Waals surface area contributed by atoms with Crippen molar-refractivity contribution in [3.8, 4) is 23.0 Å². The van der Waals surface area contributed by atoms with Crippen LogP contribution in [-0.2, 0) is 17.9 Å². The van der Waals surface area contributed by atoms with E-state index in [1.807, 2.05) is 30.3 Å². The minimum absolute atomic E-state index is 0.00505. The summed E-state index contributed by atoms with van der Waals surface area (Å²) in [4.78, 5) is 8.96. The molecule has 1 aliphatic heterocycles. The van der Waals surface area contributed by atoms with E-state index < -0.39 is 0 Å². The van der Waals surface area contributed by atoms with Gasteiger partial charge in [-0.2, -0.15) is 4.98 Å². The lowest BCUT2D eigenvalue weighted by atomic mass is 10.1. The molecule has 0 saturated heterocycles. The van der Waals surface area contributed by atoms with E-state index in [1.54, 1.807) is 18.5 Å². The molecular formula is C20H15ClN4O2. The molecule has 1 atom stereocenters. The van der Waals surface area contributed by atoms with Crippen LogP contribution in [0.4, 0.5) is 0 Å². The molecular weight excluding hydrogens is 364 g/mol. The fraction of sp³-hybridized carbons (Fsp3) is 0.150. The number of halogens is 1. The number of rotatable bonds is 3. The maximum absolute atomic E-state index is 6.05. The molecule has 4 aromatic rings. The molecule has 7 heteroatoms. The van der Waals surface area contributed by atoms with Gasteiger partial charge in [-0.3, -0.25) is 0 Å². The van der Waals surface area contributed by atoms with Crippen LogP contribution in [0.25, 0.3) is 23.0 Å². The summed E-state index contributed by atoms with van der Waals surface area (Å²) in [7, 11) is 0. The number of nitrogens with zero attached hydrogens (tertiary/aromatic N) is 4. The van der Waals surface area contributed by atoms with Crippen LogP contribution < -0.4 is 0 Å². The average Bonchev–Trinajstić information content (AvgIpc) is 3.35. The van der Waals surface area contributed by atoms with E-state index in [0.29, 0.717) is 35.6 Å². The Morgan fingerprint density at radius 1 is 1.07 bits per heavy atom. The SMILES string of the molecule is Clc1cccc(-c2noc(-c3ncn4c3CO[C@H](c3ccccc3)C4)n2)c1. The van der Waals surface area contributed by atoms with Crippen molar-refractivity contribution in [2.45, 2.75) is 19.3 Å². The standard InChI is InChI=1S/C20H15ClN4O2/c21-15-8-4-7-14(9-15)19-23-20(27-24-19)18-16-11-26-17(10-25(16)12-22-18)13-5-2-1-3-6-13/h1-9,12,17H,10-11H2/t17-/m0/s1. The largest absolute Gasteiger partial charge is 0.365 e. The van der Waals surface area contributed by atoms with Crippen LogP contribution in [-0.4, -0.2) is 19.7 Å². The van der Waals surface area contributed by atoms with E-state index in [0.717, 1.165) is 16.8 Å². The Morgan fingerprint density at radius 3 is 2.81 bits per heavy atom. The molecule has 0 bridgehead atoms. The fourth-order valence-electron chi connectivity index (χ4n) is 3.24. The lowest BCUT2D eigenvalue weighted by molar-refractivity contribution is 0.00330. The monoisotopic (exact) mass is 378 g/mol. The van der Waals surface area contributed by atoms with E-state index in [-0.39, 0.29) is 6.10 Å². The maximum Gasteiger partial charge on any atom is 0.278 e. The number of imidazole rings is 1. The summed E-state index contributed by atoms with van der Waals surface area (Å²) in [5, 5.41) is 4.68. The lowest BCUT2D eigenvalue weighted by Crippen LogP contribution is -2.20. The molecule has 27 heavy (non-hydrogen) atoms. The van der Waals surface area contributed by atoms with Crippen molar-refractivity contribution in [1.82, 2.24) is 19.7 Å². The van der Waals surface area contributed by atoms with Crippen molar-refractivity contribution in [3.05, 3.63) is 77.2 Å². The second-order valence-corrected chi connectivity index (χ2v) is 6.77. The van der Waals surface area contributed by atoms with Gasteiger partial charge in [0.05, 0.1) is 25.2 Å². The molecule has 1 aliphatic rings. The molecule has 134 valence electrons. The summed E-state index contributed by atoms with van der Waals surface area (Å²) in [5.74, 6) is 0.855. The maximum atomic E-state index is 6.05. The second-order valence-electron chi connectivity index (χ2n) is 6.34. The molecule has 6 nitrogen and oxygen atoms in total. The van der Waals surface area contributed by atoms with Gasteiger partial charge in [-0.15, -0.1) is 0 Å². The third-order valence-corrected chi connectivity index (χ3v) is 4.85. The number of benzene rings is 2. The highest BCUT2D eigenvalue weighted by Gasteiger charge is 2.26. The molecule has 3 heterocycles. The smallest absolute Gasteiger partial charge is 0.278 e. The third-order valence-electron chi connectivity index (χ3n) is 4.61. The zero-order valence-electron chi connectivity index (χ0n) is 14.2. The number of aromatic nitrogens is 4. The van der Waals surface area contributed by atoms with Crippen LogP contribution >= 0.6 is 11.6 Å². The lowest BCUT2D eigenvalue weighted by Gasteiger charge is -2.25. The van der Waals surface area contributed by atoms with Crippen molar-refractivity contribution >= 4 is 11.6 Å². The van der Waals surface area contributed by atoms with Gasteiger partial charge in [-0.05, 0) is 17.7 Å². The topological polar surface area (TPSA) is 66.0 Å². The zero-order chi connectivity index (χ0) is 18.2. The summed E-state index contributed by atoms with van der Waals surface area (Å²) in [5.41, 5.74) is 3.54.